The lowest BCUT2D eigenvalue weighted by Crippen LogP contribution is -1.89. The van der Waals surface area contributed by atoms with Gasteiger partial charge in [-0.1, -0.05) is 31.4 Å². The maximum atomic E-state index is 3.98. The molecule has 1 aliphatic carbocycles. The van der Waals surface area contributed by atoms with Crippen molar-refractivity contribution in [1.29, 1.82) is 0 Å². The maximum absolute atomic E-state index is 3.98. The van der Waals surface area contributed by atoms with E-state index in [2.05, 4.69) is 44.4 Å². The largest absolute Gasteiger partial charge is 0.136 e. The first kappa shape index (κ1) is 11.2. The highest BCUT2D eigenvalue weighted by Gasteiger charge is 2.10. The summed E-state index contributed by atoms with van der Waals surface area (Å²) in [5.74, 6) is 0. The molecule has 0 saturated carbocycles. The predicted molar refractivity (Wildman–Crippen MR) is 74.5 cm³/mol. The van der Waals surface area contributed by atoms with E-state index < -0.39 is 0 Å². The van der Waals surface area contributed by atoms with Crippen LogP contribution < -0.4 is 0 Å². The van der Waals surface area contributed by atoms with E-state index >= 15 is 0 Å². The fourth-order valence-corrected chi connectivity index (χ4v) is 2.84. The summed E-state index contributed by atoms with van der Waals surface area (Å²) < 4.78 is 0. The second-order valence-electron chi connectivity index (χ2n) is 4.03. The van der Waals surface area contributed by atoms with Crippen LogP contribution in [0.3, 0.4) is 0 Å². The van der Waals surface area contributed by atoms with Crippen LogP contribution in [0.2, 0.25) is 0 Å². The van der Waals surface area contributed by atoms with Crippen LogP contribution in [0.5, 0.6) is 0 Å². The van der Waals surface area contributed by atoms with E-state index in [0.717, 1.165) is 18.4 Å². The van der Waals surface area contributed by atoms with Gasteiger partial charge in [0.25, 0.3) is 0 Å². The van der Waals surface area contributed by atoms with Crippen LogP contribution in [0.1, 0.15) is 29.5 Å². The number of hydrogen-bond donors (Lipinski definition) is 0. The van der Waals surface area contributed by atoms with E-state index in [1.165, 1.54) is 20.9 Å². The molecule has 0 N–H and O–H groups in total. The molecule has 1 heterocycles. The molecule has 1 aromatic rings. The zero-order valence-corrected chi connectivity index (χ0v) is 10.4. The van der Waals surface area contributed by atoms with Crippen molar-refractivity contribution < 1.29 is 0 Å². The van der Waals surface area contributed by atoms with Gasteiger partial charge in [0.1, 0.15) is 0 Å². The third-order valence-corrected chi connectivity index (χ3v) is 4.03. The Hall–Kier alpha value is -1.34. The Morgan fingerprint density at radius 2 is 2.25 bits per heavy atom. The molecule has 0 radical (unpaired) electrons. The lowest BCUT2D eigenvalue weighted by atomic mass is 9.97. The minimum Gasteiger partial charge on any atom is -0.136 e. The van der Waals surface area contributed by atoms with Gasteiger partial charge in [-0.2, -0.15) is 0 Å². The lowest BCUT2D eigenvalue weighted by molar-refractivity contribution is 0.998. The first-order valence-electron chi connectivity index (χ1n) is 5.50. The number of rotatable bonds is 3. The van der Waals surface area contributed by atoms with E-state index in [9.17, 15) is 0 Å². The van der Waals surface area contributed by atoms with Crippen LogP contribution in [0.4, 0.5) is 0 Å². The Morgan fingerprint density at radius 1 is 1.44 bits per heavy atom. The highest BCUT2D eigenvalue weighted by Crippen LogP contribution is 2.34. The molecule has 0 unspecified atom stereocenters. The van der Waals surface area contributed by atoms with Gasteiger partial charge in [0.2, 0.25) is 0 Å². The first-order valence-corrected chi connectivity index (χ1v) is 6.32. The van der Waals surface area contributed by atoms with Gasteiger partial charge in [-0.15, -0.1) is 11.3 Å². The van der Waals surface area contributed by atoms with Gasteiger partial charge in [0.05, 0.1) is 0 Å². The van der Waals surface area contributed by atoms with Gasteiger partial charge in [-0.3, -0.25) is 0 Å². The zero-order chi connectivity index (χ0) is 11.5. The monoisotopic (exact) mass is 228 g/mol. The smallest absolute Gasteiger partial charge is 0.0351 e. The summed E-state index contributed by atoms with van der Waals surface area (Å²) in [6.45, 7) is 9.93. The molecular weight excluding hydrogens is 212 g/mol. The van der Waals surface area contributed by atoms with Gasteiger partial charge >= 0.3 is 0 Å². The number of allylic oxidation sites excluding steroid dienone is 6. The molecule has 1 heteroatoms. The summed E-state index contributed by atoms with van der Waals surface area (Å²) in [6, 6.07) is 4.33. The van der Waals surface area contributed by atoms with Crippen molar-refractivity contribution in [3.05, 3.63) is 58.8 Å². The van der Waals surface area contributed by atoms with E-state index in [1.807, 2.05) is 17.4 Å². The highest BCUT2D eigenvalue weighted by atomic mass is 32.1. The van der Waals surface area contributed by atoms with Gasteiger partial charge < -0.3 is 0 Å². The lowest BCUT2D eigenvalue weighted by Gasteiger charge is -2.11. The summed E-state index contributed by atoms with van der Waals surface area (Å²) in [7, 11) is 0. The van der Waals surface area contributed by atoms with E-state index in [-0.39, 0.29) is 0 Å². The van der Waals surface area contributed by atoms with Gasteiger partial charge in [0.15, 0.2) is 0 Å². The minimum absolute atomic E-state index is 1.11. The van der Waals surface area contributed by atoms with Crippen molar-refractivity contribution in [2.75, 3.05) is 0 Å². The molecule has 1 aliphatic rings. The molecule has 82 valence electrons. The third kappa shape index (κ3) is 2.10. The topological polar surface area (TPSA) is 0 Å². The summed E-state index contributed by atoms with van der Waals surface area (Å²) in [5.41, 5.74) is 3.83. The van der Waals surface area contributed by atoms with Crippen LogP contribution in [0.25, 0.3) is 11.1 Å². The van der Waals surface area contributed by atoms with Crippen molar-refractivity contribution in [2.24, 2.45) is 0 Å². The van der Waals surface area contributed by atoms with Crippen molar-refractivity contribution in [2.45, 2.75) is 19.8 Å². The van der Waals surface area contributed by atoms with Crippen LogP contribution in [-0.4, -0.2) is 0 Å². The summed E-state index contributed by atoms with van der Waals surface area (Å²) in [6.07, 6.45) is 8.68. The molecule has 16 heavy (non-hydrogen) atoms. The van der Waals surface area contributed by atoms with Crippen molar-refractivity contribution >= 4 is 22.5 Å². The van der Waals surface area contributed by atoms with Crippen LogP contribution in [0, 0.1) is 0 Å². The molecule has 0 aliphatic heterocycles. The molecule has 0 nitrogen and oxygen atoms in total. The van der Waals surface area contributed by atoms with Crippen molar-refractivity contribution in [3.63, 3.8) is 0 Å². The normalized spacial score (nSPS) is 15.3. The summed E-state index contributed by atoms with van der Waals surface area (Å²) in [4.78, 5) is 2.59. The Kier molecular flexibility index (Phi) is 3.25. The quantitative estimate of drug-likeness (QED) is 0.677. The first-order chi connectivity index (χ1) is 7.72. The van der Waals surface area contributed by atoms with E-state index in [0.29, 0.717) is 0 Å². The SMILES string of the molecule is C=CC1=C(c2ccc(C(=C)C)s2)C=CCC1. The fourth-order valence-electron chi connectivity index (χ4n) is 1.85. The Labute approximate surface area is 101 Å². The minimum atomic E-state index is 1.11. The summed E-state index contributed by atoms with van der Waals surface area (Å²) >= 11 is 1.81. The Morgan fingerprint density at radius 3 is 2.88 bits per heavy atom. The number of hydrogen-bond acceptors (Lipinski definition) is 1. The fraction of sp³-hybridized carbons (Fsp3) is 0.200. The van der Waals surface area contributed by atoms with E-state index in [4.69, 9.17) is 0 Å². The molecule has 0 aromatic carbocycles. The highest BCUT2D eigenvalue weighted by molar-refractivity contribution is 7.14. The average Bonchev–Trinajstić information content (AvgIpc) is 2.78. The van der Waals surface area contributed by atoms with Crippen LogP contribution >= 0.6 is 11.3 Å². The van der Waals surface area contributed by atoms with Crippen LogP contribution in [-0.2, 0) is 0 Å². The maximum Gasteiger partial charge on any atom is 0.0351 e. The number of thiophene rings is 1. The van der Waals surface area contributed by atoms with Crippen LogP contribution in [0.15, 0.2) is 49.1 Å². The molecule has 0 atom stereocenters. The zero-order valence-electron chi connectivity index (χ0n) is 9.62. The van der Waals surface area contributed by atoms with Gasteiger partial charge in [-0.05, 0) is 48.6 Å². The predicted octanol–water partition coefficient (Wildman–Crippen LogP) is 5.07. The van der Waals surface area contributed by atoms with Crippen molar-refractivity contribution in [1.82, 2.24) is 0 Å². The molecule has 2 rings (SSSR count). The second kappa shape index (κ2) is 4.67. The van der Waals surface area contributed by atoms with Gasteiger partial charge in [-0.25, -0.2) is 0 Å². The molecule has 0 spiro atoms. The molecule has 0 saturated heterocycles. The Bertz CT molecular complexity index is 483. The second-order valence-corrected chi connectivity index (χ2v) is 5.11. The van der Waals surface area contributed by atoms with Gasteiger partial charge in [0, 0.05) is 9.75 Å². The molecule has 0 fully saturated rings. The third-order valence-electron chi connectivity index (χ3n) is 2.75. The standard InChI is InChI=1S/C15H16S/c1-4-12-7-5-6-8-13(12)15-10-9-14(16-15)11(2)3/h4,6,8-10H,1-2,5,7H2,3H3. The summed E-state index contributed by atoms with van der Waals surface area (Å²) in [5, 5.41) is 0. The average molecular weight is 228 g/mol. The molecule has 0 bridgehead atoms. The van der Waals surface area contributed by atoms with E-state index in [1.54, 1.807) is 0 Å². The molecular formula is C15H16S. The molecule has 0 amide bonds. The van der Waals surface area contributed by atoms with Crippen molar-refractivity contribution in [3.8, 4) is 0 Å². The molecule has 1 aromatic heterocycles. The Balaban J connectivity index is 2.42.